The van der Waals surface area contributed by atoms with Crippen LogP contribution >= 0.6 is 0 Å². The molecule has 5 heteroatoms. The molecule has 0 aliphatic rings. The minimum Gasteiger partial charge on any atom is -0.468 e. The zero-order chi connectivity index (χ0) is 17.6. The van der Waals surface area contributed by atoms with E-state index >= 15 is 0 Å². The number of pyridine rings is 1. The molecule has 0 unspecified atom stereocenters. The molecule has 5 nitrogen and oxygen atoms in total. The number of rotatable bonds is 7. The van der Waals surface area contributed by atoms with E-state index in [1.165, 1.54) is 5.56 Å². The number of benzene rings is 1. The van der Waals surface area contributed by atoms with Gasteiger partial charge < -0.3 is 9.73 Å². The Bertz CT molecular complexity index is 931. The van der Waals surface area contributed by atoms with Crippen LogP contribution in [-0.4, -0.2) is 14.8 Å². The van der Waals surface area contributed by atoms with Crippen molar-refractivity contribution in [3.63, 3.8) is 0 Å². The van der Waals surface area contributed by atoms with Crippen LogP contribution in [0.2, 0.25) is 0 Å². The van der Waals surface area contributed by atoms with Gasteiger partial charge >= 0.3 is 0 Å². The average Bonchev–Trinajstić information content (AvgIpc) is 3.34. The molecule has 3 aromatic heterocycles. The van der Waals surface area contributed by atoms with Crippen molar-refractivity contribution in [1.29, 1.82) is 0 Å². The molecule has 0 fully saturated rings. The van der Waals surface area contributed by atoms with Gasteiger partial charge in [0.1, 0.15) is 5.76 Å². The second-order valence-corrected chi connectivity index (χ2v) is 6.11. The van der Waals surface area contributed by atoms with Gasteiger partial charge in [-0.15, -0.1) is 0 Å². The van der Waals surface area contributed by atoms with Crippen molar-refractivity contribution < 1.29 is 4.42 Å². The third-order valence-corrected chi connectivity index (χ3v) is 4.15. The lowest BCUT2D eigenvalue weighted by Gasteiger charge is -2.03. The highest BCUT2D eigenvalue weighted by molar-refractivity contribution is 5.61. The van der Waals surface area contributed by atoms with Gasteiger partial charge in [0.2, 0.25) is 0 Å². The van der Waals surface area contributed by atoms with Gasteiger partial charge in [0, 0.05) is 36.3 Å². The number of aromatic nitrogens is 3. The van der Waals surface area contributed by atoms with Gasteiger partial charge in [-0.1, -0.05) is 30.3 Å². The Morgan fingerprint density at radius 1 is 0.962 bits per heavy atom. The predicted molar refractivity (Wildman–Crippen MR) is 100 cm³/mol. The maximum atomic E-state index is 5.38. The molecule has 4 rings (SSSR count). The van der Waals surface area contributed by atoms with E-state index in [1.807, 2.05) is 53.3 Å². The van der Waals surface area contributed by atoms with Crippen LogP contribution in [0.4, 0.5) is 0 Å². The summed E-state index contributed by atoms with van der Waals surface area (Å²) in [5.41, 5.74) is 4.35. The quantitative estimate of drug-likeness (QED) is 0.553. The molecule has 0 bridgehead atoms. The summed E-state index contributed by atoms with van der Waals surface area (Å²) >= 11 is 0. The molecular weight excluding hydrogens is 324 g/mol. The summed E-state index contributed by atoms with van der Waals surface area (Å²) in [5.74, 6) is 0.921. The molecule has 0 amide bonds. The van der Waals surface area contributed by atoms with Gasteiger partial charge in [0.05, 0.1) is 25.0 Å². The molecule has 4 aromatic rings. The van der Waals surface area contributed by atoms with Crippen molar-refractivity contribution in [2.24, 2.45) is 0 Å². The first kappa shape index (κ1) is 16.3. The second kappa shape index (κ2) is 7.80. The van der Waals surface area contributed by atoms with Gasteiger partial charge in [-0.05, 0) is 29.8 Å². The third-order valence-electron chi connectivity index (χ3n) is 4.15. The molecule has 3 heterocycles. The Balaban J connectivity index is 1.55. The topological polar surface area (TPSA) is 55.9 Å². The van der Waals surface area contributed by atoms with Crippen LogP contribution in [0, 0.1) is 0 Å². The summed E-state index contributed by atoms with van der Waals surface area (Å²) in [6.45, 7) is 2.13. The van der Waals surface area contributed by atoms with Crippen molar-refractivity contribution in [2.75, 3.05) is 0 Å². The molecule has 0 radical (unpaired) electrons. The van der Waals surface area contributed by atoms with Crippen LogP contribution in [0.15, 0.2) is 83.9 Å². The van der Waals surface area contributed by atoms with Crippen molar-refractivity contribution in [3.8, 4) is 11.3 Å². The van der Waals surface area contributed by atoms with E-state index in [0.717, 1.165) is 29.1 Å². The molecule has 0 aliphatic carbocycles. The Hall–Kier alpha value is -3.18. The smallest absolute Gasteiger partial charge is 0.117 e. The van der Waals surface area contributed by atoms with Gasteiger partial charge in [0.15, 0.2) is 0 Å². The molecular formula is C21H20N4O. The molecule has 130 valence electrons. The van der Waals surface area contributed by atoms with Crippen LogP contribution in [0.1, 0.15) is 16.9 Å². The fourth-order valence-electron chi connectivity index (χ4n) is 2.92. The number of nitrogens with zero attached hydrogens (tertiary/aromatic N) is 3. The second-order valence-electron chi connectivity index (χ2n) is 6.11. The highest BCUT2D eigenvalue weighted by Gasteiger charge is 2.12. The summed E-state index contributed by atoms with van der Waals surface area (Å²) in [7, 11) is 0. The first-order valence-electron chi connectivity index (χ1n) is 8.62. The number of furan rings is 1. The molecule has 0 saturated carbocycles. The lowest BCUT2D eigenvalue weighted by Crippen LogP contribution is -2.12. The lowest BCUT2D eigenvalue weighted by atomic mass is 10.1. The number of hydrogen-bond acceptors (Lipinski definition) is 4. The van der Waals surface area contributed by atoms with Crippen molar-refractivity contribution >= 4 is 0 Å². The van der Waals surface area contributed by atoms with Gasteiger partial charge in [0.25, 0.3) is 0 Å². The fourth-order valence-corrected chi connectivity index (χ4v) is 2.92. The highest BCUT2D eigenvalue weighted by atomic mass is 16.3. The Kier molecular flexibility index (Phi) is 4.89. The van der Waals surface area contributed by atoms with E-state index in [0.29, 0.717) is 13.1 Å². The van der Waals surface area contributed by atoms with E-state index in [-0.39, 0.29) is 0 Å². The van der Waals surface area contributed by atoms with Gasteiger partial charge in [-0.25, -0.2) is 0 Å². The van der Waals surface area contributed by atoms with Gasteiger partial charge in [-0.3, -0.25) is 9.67 Å². The zero-order valence-electron chi connectivity index (χ0n) is 14.4. The standard InChI is InChI=1S/C21H20N4O/c1-2-6-17(7-3-1)15-25-16-19(13-23-14-20-9-5-11-26-20)21(24-25)18-8-4-10-22-12-18/h1-12,16,23H,13-15H2. The zero-order valence-corrected chi connectivity index (χ0v) is 14.4. The molecule has 0 saturated heterocycles. The number of nitrogens with one attached hydrogen (secondary N) is 1. The highest BCUT2D eigenvalue weighted by Crippen LogP contribution is 2.21. The Morgan fingerprint density at radius 2 is 1.88 bits per heavy atom. The van der Waals surface area contributed by atoms with E-state index in [9.17, 15) is 0 Å². The van der Waals surface area contributed by atoms with E-state index in [2.05, 4.69) is 28.6 Å². The third kappa shape index (κ3) is 3.90. The minimum absolute atomic E-state index is 0.684. The summed E-state index contributed by atoms with van der Waals surface area (Å²) in [5, 5.41) is 8.23. The number of hydrogen-bond donors (Lipinski definition) is 1. The summed E-state index contributed by atoms with van der Waals surface area (Å²) in [6.07, 6.45) is 7.42. The van der Waals surface area contributed by atoms with Crippen LogP contribution in [-0.2, 0) is 19.6 Å². The normalized spacial score (nSPS) is 10.9. The van der Waals surface area contributed by atoms with Crippen LogP contribution < -0.4 is 5.32 Å². The van der Waals surface area contributed by atoms with E-state index < -0.39 is 0 Å². The monoisotopic (exact) mass is 344 g/mol. The van der Waals surface area contributed by atoms with E-state index in [4.69, 9.17) is 9.52 Å². The average molecular weight is 344 g/mol. The Morgan fingerprint density at radius 3 is 2.65 bits per heavy atom. The fraction of sp³-hybridized carbons (Fsp3) is 0.143. The molecule has 0 spiro atoms. The maximum absolute atomic E-state index is 5.38. The molecule has 26 heavy (non-hydrogen) atoms. The molecule has 0 aliphatic heterocycles. The molecule has 1 aromatic carbocycles. The predicted octanol–water partition coefficient (Wildman–Crippen LogP) is 3.88. The first-order valence-corrected chi connectivity index (χ1v) is 8.62. The van der Waals surface area contributed by atoms with Crippen LogP contribution in [0.3, 0.4) is 0 Å². The Labute approximate surface area is 152 Å². The van der Waals surface area contributed by atoms with Gasteiger partial charge in [-0.2, -0.15) is 5.10 Å². The lowest BCUT2D eigenvalue weighted by molar-refractivity contribution is 0.483. The SMILES string of the molecule is c1ccc(Cn2cc(CNCc3ccco3)c(-c3cccnc3)n2)cc1. The maximum Gasteiger partial charge on any atom is 0.117 e. The van der Waals surface area contributed by atoms with Crippen molar-refractivity contribution in [2.45, 2.75) is 19.6 Å². The molecule has 1 N–H and O–H groups in total. The van der Waals surface area contributed by atoms with E-state index in [1.54, 1.807) is 12.5 Å². The summed E-state index contributed by atoms with van der Waals surface area (Å²) < 4.78 is 7.36. The minimum atomic E-state index is 0.684. The van der Waals surface area contributed by atoms with Crippen LogP contribution in [0.5, 0.6) is 0 Å². The molecule has 0 atom stereocenters. The summed E-state index contributed by atoms with van der Waals surface area (Å²) in [4.78, 5) is 4.23. The largest absolute Gasteiger partial charge is 0.468 e. The van der Waals surface area contributed by atoms with Crippen molar-refractivity contribution in [1.82, 2.24) is 20.1 Å². The van der Waals surface area contributed by atoms with Crippen molar-refractivity contribution in [3.05, 3.63) is 96.3 Å². The van der Waals surface area contributed by atoms with Crippen LogP contribution in [0.25, 0.3) is 11.3 Å². The first-order chi connectivity index (χ1) is 12.9. The summed E-state index contributed by atoms with van der Waals surface area (Å²) in [6, 6.07) is 18.2.